The fraction of sp³-hybridized carbons (Fsp3) is 0.700. The summed E-state index contributed by atoms with van der Waals surface area (Å²) < 4.78 is 32.4. The Morgan fingerprint density at radius 3 is 2.58 bits per heavy atom. The van der Waals surface area contributed by atoms with E-state index in [2.05, 4.69) is 11.0 Å². The van der Waals surface area contributed by atoms with Gasteiger partial charge in [0.05, 0.1) is 11.9 Å². The van der Waals surface area contributed by atoms with Gasteiger partial charge in [-0.3, -0.25) is 0 Å². The third kappa shape index (κ3) is 4.78. The molecular weight excluding hydrogens is 348 g/mol. The van der Waals surface area contributed by atoms with E-state index in [1.165, 1.54) is 37.9 Å². The third-order valence-corrected chi connectivity index (χ3v) is 7.67. The van der Waals surface area contributed by atoms with E-state index in [0.29, 0.717) is 19.7 Å². The molecule has 2 heterocycles. The summed E-state index contributed by atoms with van der Waals surface area (Å²) in [5.74, 6) is 0.853. The normalized spacial score (nSPS) is 19.5. The number of likely N-dealkylation sites (tertiary alicyclic amines) is 1. The van der Waals surface area contributed by atoms with Gasteiger partial charge in [-0.1, -0.05) is 12.5 Å². The lowest BCUT2D eigenvalue weighted by molar-refractivity contribution is 0.205. The molecule has 0 radical (unpaired) electrons. The van der Waals surface area contributed by atoms with Crippen LogP contribution in [0.2, 0.25) is 0 Å². The molecule has 0 amide bonds. The molecule has 2 aliphatic rings. The Labute approximate surface area is 158 Å². The summed E-state index contributed by atoms with van der Waals surface area (Å²) >= 11 is 0. The number of hydrogen-bond acceptors (Lipinski definition) is 4. The quantitative estimate of drug-likeness (QED) is 0.682. The van der Waals surface area contributed by atoms with E-state index in [1.54, 1.807) is 18.2 Å². The summed E-state index contributed by atoms with van der Waals surface area (Å²) in [4.78, 5) is 2.52. The average Bonchev–Trinajstić information content (AvgIpc) is 2.65. The van der Waals surface area contributed by atoms with Crippen LogP contribution in [0.1, 0.15) is 50.7 Å². The largest absolute Gasteiger partial charge is 0.494 e. The Morgan fingerprint density at radius 1 is 1.08 bits per heavy atom. The summed E-state index contributed by atoms with van der Waals surface area (Å²) in [5, 5.41) is -0.377. The van der Waals surface area contributed by atoms with Crippen LogP contribution in [0.3, 0.4) is 0 Å². The molecule has 0 saturated carbocycles. The van der Waals surface area contributed by atoms with Crippen molar-refractivity contribution >= 4 is 10.0 Å². The smallest absolute Gasteiger partial charge is 0.216 e. The molecule has 146 valence electrons. The van der Waals surface area contributed by atoms with Gasteiger partial charge in [-0.05, 0) is 75.9 Å². The molecule has 0 spiro atoms. The maximum absolute atomic E-state index is 12.4. The van der Waals surface area contributed by atoms with Crippen molar-refractivity contribution < 1.29 is 13.2 Å². The molecule has 0 aromatic heterocycles. The second-order valence-electron chi connectivity index (χ2n) is 7.71. The molecule has 0 bridgehead atoms. The summed E-state index contributed by atoms with van der Waals surface area (Å²) in [6, 6.07) is 6.14. The zero-order valence-corrected chi connectivity index (χ0v) is 16.9. The zero-order valence-electron chi connectivity index (χ0n) is 16.1. The second-order valence-corrected chi connectivity index (χ2v) is 10.2. The van der Waals surface area contributed by atoms with Crippen molar-refractivity contribution in [2.24, 2.45) is 0 Å². The van der Waals surface area contributed by atoms with Gasteiger partial charge in [-0.2, -0.15) is 4.31 Å². The molecule has 1 aromatic carbocycles. The van der Waals surface area contributed by atoms with Crippen molar-refractivity contribution in [3.63, 3.8) is 0 Å². The number of piperidine rings is 1. The minimum Gasteiger partial charge on any atom is -0.494 e. The van der Waals surface area contributed by atoms with Crippen LogP contribution in [0.15, 0.2) is 18.2 Å². The first-order chi connectivity index (χ1) is 12.5. The fourth-order valence-electron chi connectivity index (χ4n) is 3.77. The molecule has 1 aromatic rings. The molecule has 26 heavy (non-hydrogen) atoms. The van der Waals surface area contributed by atoms with Crippen molar-refractivity contribution in [2.75, 3.05) is 32.8 Å². The van der Waals surface area contributed by atoms with Gasteiger partial charge in [0.1, 0.15) is 5.75 Å². The van der Waals surface area contributed by atoms with Gasteiger partial charge < -0.3 is 9.64 Å². The van der Waals surface area contributed by atoms with Crippen molar-refractivity contribution in [2.45, 2.75) is 57.7 Å². The van der Waals surface area contributed by atoms with Gasteiger partial charge in [0.25, 0.3) is 0 Å². The molecule has 0 atom stereocenters. The summed E-state index contributed by atoms with van der Waals surface area (Å²) in [6.07, 6.45) is 5.82. The van der Waals surface area contributed by atoms with Crippen molar-refractivity contribution in [3.05, 3.63) is 29.3 Å². The topological polar surface area (TPSA) is 49.9 Å². The lowest BCUT2D eigenvalue weighted by Crippen LogP contribution is -2.39. The van der Waals surface area contributed by atoms with E-state index >= 15 is 0 Å². The number of ether oxygens (including phenoxy) is 1. The van der Waals surface area contributed by atoms with Gasteiger partial charge in [0.2, 0.25) is 10.0 Å². The first-order valence-corrected chi connectivity index (χ1v) is 11.4. The van der Waals surface area contributed by atoms with E-state index in [1.807, 2.05) is 12.1 Å². The maximum Gasteiger partial charge on any atom is 0.216 e. The molecule has 1 saturated heterocycles. The standard InChI is InChI=1S/C20H32N2O3S/c1-17(2)26(23,24)22-13-9-18-7-8-20(15-19(18)16-22)25-14-6-12-21-10-4-3-5-11-21/h7-8,15,17H,3-6,9-14,16H2,1-2H3. The summed E-state index contributed by atoms with van der Waals surface area (Å²) in [7, 11) is -3.20. The minimum atomic E-state index is -3.20. The van der Waals surface area contributed by atoms with E-state index in [4.69, 9.17) is 4.74 Å². The van der Waals surface area contributed by atoms with Crippen LogP contribution < -0.4 is 4.74 Å². The molecule has 6 heteroatoms. The van der Waals surface area contributed by atoms with E-state index < -0.39 is 10.0 Å². The highest BCUT2D eigenvalue weighted by Crippen LogP contribution is 2.26. The van der Waals surface area contributed by atoms with Crippen LogP contribution in [0.5, 0.6) is 5.75 Å². The lowest BCUT2D eigenvalue weighted by atomic mass is 10.0. The van der Waals surface area contributed by atoms with Gasteiger partial charge in [0.15, 0.2) is 0 Å². The van der Waals surface area contributed by atoms with Crippen molar-refractivity contribution in [1.82, 2.24) is 9.21 Å². The molecule has 0 aliphatic carbocycles. The highest BCUT2D eigenvalue weighted by atomic mass is 32.2. The molecule has 5 nitrogen and oxygen atoms in total. The van der Waals surface area contributed by atoms with Gasteiger partial charge in [0, 0.05) is 19.6 Å². The van der Waals surface area contributed by atoms with Crippen LogP contribution in [0.4, 0.5) is 0 Å². The maximum atomic E-state index is 12.4. The van der Waals surface area contributed by atoms with Crippen molar-refractivity contribution in [3.8, 4) is 5.75 Å². The van der Waals surface area contributed by atoms with Crippen LogP contribution in [0.25, 0.3) is 0 Å². The predicted molar refractivity (Wildman–Crippen MR) is 105 cm³/mol. The molecule has 3 rings (SSSR count). The monoisotopic (exact) mass is 380 g/mol. The average molecular weight is 381 g/mol. The number of fused-ring (bicyclic) bond motifs is 1. The lowest BCUT2D eigenvalue weighted by Gasteiger charge is -2.30. The Kier molecular flexibility index (Phi) is 6.59. The Bertz CT molecular complexity index is 697. The SMILES string of the molecule is CC(C)S(=O)(=O)N1CCc2ccc(OCCCN3CCCCC3)cc2C1. The summed E-state index contributed by atoms with van der Waals surface area (Å²) in [6.45, 7) is 8.77. The van der Waals surface area contributed by atoms with Crippen LogP contribution in [0, 0.1) is 0 Å². The number of sulfonamides is 1. The molecule has 2 aliphatic heterocycles. The number of rotatable bonds is 7. The van der Waals surface area contributed by atoms with Crippen molar-refractivity contribution in [1.29, 1.82) is 0 Å². The Balaban J connectivity index is 1.53. The number of benzene rings is 1. The fourth-order valence-corrected chi connectivity index (χ4v) is 5.03. The van der Waals surface area contributed by atoms with Gasteiger partial charge in [-0.15, -0.1) is 0 Å². The van der Waals surface area contributed by atoms with Crippen LogP contribution in [-0.4, -0.2) is 55.7 Å². The minimum absolute atomic E-state index is 0.377. The summed E-state index contributed by atoms with van der Waals surface area (Å²) in [5.41, 5.74) is 2.31. The van der Waals surface area contributed by atoms with Crippen LogP contribution in [-0.2, 0) is 23.0 Å². The number of nitrogens with zero attached hydrogens (tertiary/aromatic N) is 2. The van der Waals surface area contributed by atoms with Gasteiger partial charge >= 0.3 is 0 Å². The second kappa shape index (κ2) is 8.72. The van der Waals surface area contributed by atoms with E-state index in [9.17, 15) is 8.42 Å². The van der Waals surface area contributed by atoms with Crippen LogP contribution >= 0.6 is 0 Å². The first kappa shape index (κ1) is 19.6. The highest BCUT2D eigenvalue weighted by Gasteiger charge is 2.29. The molecular formula is C20H32N2O3S. The molecule has 0 N–H and O–H groups in total. The third-order valence-electron chi connectivity index (χ3n) is 5.45. The Hall–Kier alpha value is -1.11. The Morgan fingerprint density at radius 2 is 1.85 bits per heavy atom. The molecule has 0 unspecified atom stereocenters. The highest BCUT2D eigenvalue weighted by molar-refractivity contribution is 7.89. The van der Waals surface area contributed by atoms with E-state index in [0.717, 1.165) is 30.7 Å². The zero-order chi connectivity index (χ0) is 18.6. The van der Waals surface area contributed by atoms with Gasteiger partial charge in [-0.25, -0.2) is 8.42 Å². The first-order valence-electron chi connectivity index (χ1n) is 9.93. The predicted octanol–water partition coefficient (Wildman–Crippen LogP) is 3.04. The van der Waals surface area contributed by atoms with E-state index in [-0.39, 0.29) is 5.25 Å². The molecule has 1 fully saturated rings. The number of hydrogen-bond donors (Lipinski definition) is 0.